The summed E-state index contributed by atoms with van der Waals surface area (Å²) in [6, 6.07) is 17.7. The summed E-state index contributed by atoms with van der Waals surface area (Å²) in [6.07, 6.45) is 3.45. The van der Waals surface area contributed by atoms with Crippen LogP contribution in [0, 0.1) is 5.92 Å². The van der Waals surface area contributed by atoms with E-state index in [1.807, 2.05) is 54.4 Å². The number of hydrogen-bond donors (Lipinski definition) is 0. The fourth-order valence-electron chi connectivity index (χ4n) is 3.71. The Morgan fingerprint density at radius 2 is 1.88 bits per heavy atom. The van der Waals surface area contributed by atoms with Crippen molar-refractivity contribution < 1.29 is 4.79 Å². The summed E-state index contributed by atoms with van der Waals surface area (Å²) in [5, 5.41) is 0.790. The van der Waals surface area contributed by atoms with Gasteiger partial charge in [-0.25, -0.2) is 0 Å². The van der Waals surface area contributed by atoms with Crippen LogP contribution in [0.1, 0.15) is 28.8 Å². The van der Waals surface area contributed by atoms with Crippen LogP contribution in [0.25, 0.3) is 0 Å². The summed E-state index contributed by atoms with van der Waals surface area (Å²) in [5.41, 5.74) is 2.10. The largest absolute Gasteiger partial charge is 0.341 e. The molecule has 0 aromatic heterocycles. The predicted molar refractivity (Wildman–Crippen MR) is 108 cm³/mol. The number of benzene rings is 2. The molecular formula is C22H27ClN2O. The molecule has 1 heterocycles. The molecule has 0 radical (unpaired) electrons. The molecule has 0 unspecified atom stereocenters. The number of piperidine rings is 1. The summed E-state index contributed by atoms with van der Waals surface area (Å²) in [5.74, 6) is 0.663. The molecule has 1 amide bonds. The van der Waals surface area contributed by atoms with Crippen LogP contribution in [0.5, 0.6) is 0 Å². The first-order valence-corrected chi connectivity index (χ1v) is 9.77. The molecule has 1 fully saturated rings. The van der Waals surface area contributed by atoms with E-state index in [0.717, 1.165) is 43.2 Å². The second kappa shape index (κ2) is 9.20. The molecule has 1 atom stereocenters. The normalized spacial score (nSPS) is 17.8. The maximum absolute atomic E-state index is 12.5. The van der Waals surface area contributed by atoms with Crippen LogP contribution in [-0.4, -0.2) is 48.9 Å². The Labute approximate surface area is 161 Å². The molecule has 1 aliphatic heterocycles. The van der Waals surface area contributed by atoms with Gasteiger partial charge in [0.15, 0.2) is 0 Å². The Hall–Kier alpha value is -1.84. The Balaban J connectivity index is 1.48. The lowest BCUT2D eigenvalue weighted by molar-refractivity contribution is 0.0730. The van der Waals surface area contributed by atoms with Crippen LogP contribution in [0.2, 0.25) is 5.02 Å². The highest BCUT2D eigenvalue weighted by molar-refractivity contribution is 6.30. The number of likely N-dealkylation sites (tertiary alicyclic amines) is 1. The number of halogens is 1. The van der Waals surface area contributed by atoms with E-state index in [4.69, 9.17) is 11.6 Å². The van der Waals surface area contributed by atoms with Gasteiger partial charge in [0.1, 0.15) is 0 Å². The average molecular weight is 371 g/mol. The molecule has 0 N–H and O–H groups in total. The minimum atomic E-state index is 0.115. The molecule has 2 aromatic carbocycles. The van der Waals surface area contributed by atoms with Crippen LogP contribution >= 0.6 is 11.6 Å². The number of rotatable bonds is 6. The van der Waals surface area contributed by atoms with E-state index in [2.05, 4.69) is 17.0 Å². The van der Waals surface area contributed by atoms with Gasteiger partial charge in [-0.2, -0.15) is 0 Å². The second-order valence-electron chi connectivity index (χ2n) is 7.24. The standard InChI is InChI=1S/C22H27ClN2O/c1-24(22(26)20-7-3-2-4-8-20)16-19-6-5-14-25(17-19)15-13-18-9-11-21(23)12-10-18/h2-4,7-12,19H,5-6,13-17H2,1H3/t19-/m1/s1. The zero-order valence-corrected chi connectivity index (χ0v) is 16.2. The van der Waals surface area contributed by atoms with Gasteiger partial charge in [-0.3, -0.25) is 4.79 Å². The number of amides is 1. The minimum absolute atomic E-state index is 0.115. The van der Waals surface area contributed by atoms with Crippen LogP contribution in [0.4, 0.5) is 0 Å². The molecule has 1 saturated heterocycles. The zero-order valence-electron chi connectivity index (χ0n) is 15.4. The van der Waals surface area contributed by atoms with Crippen LogP contribution < -0.4 is 0 Å². The first kappa shape index (κ1) is 18.9. The van der Waals surface area contributed by atoms with Gasteiger partial charge in [0.25, 0.3) is 5.91 Å². The van der Waals surface area contributed by atoms with Crippen LogP contribution in [-0.2, 0) is 6.42 Å². The minimum Gasteiger partial charge on any atom is -0.341 e. The number of nitrogens with zero attached hydrogens (tertiary/aromatic N) is 2. The summed E-state index contributed by atoms with van der Waals surface area (Å²) in [4.78, 5) is 16.9. The highest BCUT2D eigenvalue weighted by Crippen LogP contribution is 2.19. The van der Waals surface area contributed by atoms with Crippen molar-refractivity contribution in [1.29, 1.82) is 0 Å². The molecule has 0 spiro atoms. The van der Waals surface area contributed by atoms with Crippen molar-refractivity contribution in [1.82, 2.24) is 9.80 Å². The van der Waals surface area contributed by atoms with Gasteiger partial charge < -0.3 is 9.80 Å². The fraction of sp³-hybridized carbons (Fsp3) is 0.409. The van der Waals surface area contributed by atoms with Crippen molar-refractivity contribution in [3.05, 3.63) is 70.7 Å². The van der Waals surface area contributed by atoms with E-state index >= 15 is 0 Å². The number of carbonyl (C=O) groups is 1. The third-order valence-electron chi connectivity index (χ3n) is 5.13. The Morgan fingerprint density at radius 1 is 1.15 bits per heavy atom. The van der Waals surface area contributed by atoms with E-state index < -0.39 is 0 Å². The molecule has 26 heavy (non-hydrogen) atoms. The smallest absolute Gasteiger partial charge is 0.253 e. The average Bonchev–Trinajstić information content (AvgIpc) is 2.68. The highest BCUT2D eigenvalue weighted by Gasteiger charge is 2.23. The van der Waals surface area contributed by atoms with Gasteiger partial charge in [-0.1, -0.05) is 41.9 Å². The van der Waals surface area contributed by atoms with Gasteiger partial charge in [-0.05, 0) is 61.6 Å². The summed E-state index contributed by atoms with van der Waals surface area (Å²) in [7, 11) is 1.92. The van der Waals surface area contributed by atoms with Gasteiger partial charge in [0.2, 0.25) is 0 Å². The summed E-state index contributed by atoms with van der Waals surface area (Å²) < 4.78 is 0. The number of carbonyl (C=O) groups excluding carboxylic acids is 1. The van der Waals surface area contributed by atoms with Crippen molar-refractivity contribution in [3.8, 4) is 0 Å². The van der Waals surface area contributed by atoms with Gasteiger partial charge in [0, 0.05) is 37.3 Å². The summed E-state index contributed by atoms with van der Waals surface area (Å²) >= 11 is 5.96. The van der Waals surface area contributed by atoms with Crippen LogP contribution in [0.3, 0.4) is 0 Å². The first-order valence-electron chi connectivity index (χ1n) is 9.39. The third-order valence-corrected chi connectivity index (χ3v) is 5.38. The SMILES string of the molecule is CN(C[C@H]1CCCN(CCc2ccc(Cl)cc2)C1)C(=O)c1ccccc1. The lowest BCUT2D eigenvalue weighted by Gasteiger charge is -2.34. The van der Waals surface area contributed by atoms with Gasteiger partial charge in [-0.15, -0.1) is 0 Å². The van der Waals surface area contributed by atoms with E-state index in [1.54, 1.807) is 0 Å². The van der Waals surface area contributed by atoms with Crippen molar-refractivity contribution in [2.24, 2.45) is 5.92 Å². The lowest BCUT2D eigenvalue weighted by atomic mass is 9.96. The third kappa shape index (κ3) is 5.33. The molecule has 138 valence electrons. The van der Waals surface area contributed by atoms with Crippen molar-refractivity contribution in [3.63, 3.8) is 0 Å². The maximum Gasteiger partial charge on any atom is 0.253 e. The molecule has 4 heteroatoms. The zero-order chi connectivity index (χ0) is 18.4. The fourth-order valence-corrected chi connectivity index (χ4v) is 3.84. The second-order valence-corrected chi connectivity index (χ2v) is 7.67. The highest BCUT2D eigenvalue weighted by atomic mass is 35.5. The van der Waals surface area contributed by atoms with Crippen molar-refractivity contribution in [2.45, 2.75) is 19.3 Å². The molecule has 1 aliphatic rings. The molecule has 3 rings (SSSR count). The van der Waals surface area contributed by atoms with E-state index in [1.165, 1.54) is 18.4 Å². The molecule has 2 aromatic rings. The number of hydrogen-bond acceptors (Lipinski definition) is 2. The van der Waals surface area contributed by atoms with Gasteiger partial charge >= 0.3 is 0 Å². The van der Waals surface area contributed by atoms with Gasteiger partial charge in [0.05, 0.1) is 0 Å². The van der Waals surface area contributed by atoms with Crippen molar-refractivity contribution in [2.75, 3.05) is 33.2 Å². The quantitative estimate of drug-likeness (QED) is 0.753. The molecule has 0 aliphatic carbocycles. The Bertz CT molecular complexity index is 702. The molecule has 0 bridgehead atoms. The van der Waals surface area contributed by atoms with Crippen LogP contribution in [0.15, 0.2) is 54.6 Å². The van der Waals surface area contributed by atoms with Crippen molar-refractivity contribution >= 4 is 17.5 Å². The summed E-state index contributed by atoms with van der Waals surface area (Å²) in [6.45, 7) is 4.11. The topological polar surface area (TPSA) is 23.6 Å². The molecular weight excluding hydrogens is 344 g/mol. The van der Waals surface area contributed by atoms with E-state index in [0.29, 0.717) is 5.92 Å². The predicted octanol–water partition coefficient (Wildman–Crippen LogP) is 4.37. The Morgan fingerprint density at radius 3 is 2.62 bits per heavy atom. The molecule has 0 saturated carbocycles. The molecule has 3 nitrogen and oxygen atoms in total. The Kier molecular flexibility index (Phi) is 6.70. The lowest BCUT2D eigenvalue weighted by Crippen LogP contribution is -2.42. The van der Waals surface area contributed by atoms with E-state index in [9.17, 15) is 4.79 Å². The maximum atomic E-state index is 12.5. The first-order chi connectivity index (χ1) is 12.6. The van der Waals surface area contributed by atoms with E-state index in [-0.39, 0.29) is 5.91 Å². The monoisotopic (exact) mass is 370 g/mol.